The molecule has 28 heavy (non-hydrogen) atoms. The minimum atomic E-state index is -0.179. The maximum Gasteiger partial charge on any atom is 0.251 e. The van der Waals surface area contributed by atoms with Crippen LogP contribution < -0.4 is 20.1 Å². The number of pyridine rings is 2. The van der Waals surface area contributed by atoms with Gasteiger partial charge in [-0.1, -0.05) is 12.1 Å². The highest BCUT2D eigenvalue weighted by molar-refractivity contribution is 5.94. The van der Waals surface area contributed by atoms with E-state index in [1.54, 1.807) is 44.9 Å². The second-order valence-electron chi connectivity index (χ2n) is 6.02. The summed E-state index contributed by atoms with van der Waals surface area (Å²) in [7, 11) is 3.17. The average molecular weight is 378 g/mol. The van der Waals surface area contributed by atoms with E-state index < -0.39 is 0 Å². The summed E-state index contributed by atoms with van der Waals surface area (Å²) in [4.78, 5) is 20.8. The minimum absolute atomic E-state index is 0.179. The van der Waals surface area contributed by atoms with Gasteiger partial charge in [0.2, 0.25) is 0 Å². The summed E-state index contributed by atoms with van der Waals surface area (Å²) in [5.41, 5.74) is 2.48. The molecular formula is C21H22N4O3. The van der Waals surface area contributed by atoms with Crippen LogP contribution in [-0.4, -0.2) is 30.1 Å². The predicted molar refractivity (Wildman–Crippen MR) is 107 cm³/mol. The number of carbonyl (C=O) groups excluding carboxylic acids is 1. The van der Waals surface area contributed by atoms with Gasteiger partial charge in [0.1, 0.15) is 5.82 Å². The molecular weight excluding hydrogens is 356 g/mol. The highest BCUT2D eigenvalue weighted by atomic mass is 16.5. The van der Waals surface area contributed by atoms with Crippen molar-refractivity contribution in [3.05, 3.63) is 77.7 Å². The van der Waals surface area contributed by atoms with E-state index in [-0.39, 0.29) is 5.91 Å². The number of anilines is 1. The predicted octanol–water partition coefficient (Wildman–Crippen LogP) is 3.04. The number of carbonyl (C=O) groups is 1. The molecule has 0 unspecified atom stereocenters. The van der Waals surface area contributed by atoms with Crippen molar-refractivity contribution in [2.24, 2.45) is 0 Å². The molecule has 1 amide bonds. The van der Waals surface area contributed by atoms with Crippen LogP contribution >= 0.6 is 0 Å². The first-order chi connectivity index (χ1) is 13.7. The normalized spacial score (nSPS) is 10.2. The highest BCUT2D eigenvalue weighted by Gasteiger charge is 2.09. The number of benzene rings is 1. The molecule has 0 spiro atoms. The summed E-state index contributed by atoms with van der Waals surface area (Å²) in [5, 5.41) is 6.10. The van der Waals surface area contributed by atoms with Crippen molar-refractivity contribution in [2.75, 3.05) is 19.5 Å². The molecule has 0 radical (unpaired) electrons. The number of nitrogens with one attached hydrogen (secondary N) is 2. The van der Waals surface area contributed by atoms with Gasteiger partial charge in [-0.25, -0.2) is 4.98 Å². The zero-order valence-electron chi connectivity index (χ0n) is 15.8. The Labute approximate surface area is 163 Å². The van der Waals surface area contributed by atoms with Crippen LogP contribution in [0.2, 0.25) is 0 Å². The SMILES string of the molecule is COc1ccc(CNC(=O)c2ccnc(NCc3cccnc3)c2)cc1OC. The van der Waals surface area contributed by atoms with Gasteiger partial charge in [-0.05, 0) is 41.5 Å². The zero-order chi connectivity index (χ0) is 19.8. The van der Waals surface area contributed by atoms with Crippen molar-refractivity contribution in [1.29, 1.82) is 0 Å². The van der Waals surface area contributed by atoms with Gasteiger partial charge in [-0.15, -0.1) is 0 Å². The summed E-state index contributed by atoms with van der Waals surface area (Å²) < 4.78 is 10.5. The Bertz CT molecular complexity index is 932. The molecule has 0 bridgehead atoms. The third kappa shape index (κ3) is 4.97. The third-order valence-electron chi connectivity index (χ3n) is 4.12. The van der Waals surface area contributed by atoms with Crippen molar-refractivity contribution in [2.45, 2.75) is 13.1 Å². The van der Waals surface area contributed by atoms with Crippen LogP contribution in [0.4, 0.5) is 5.82 Å². The maximum atomic E-state index is 12.5. The van der Waals surface area contributed by atoms with Gasteiger partial charge in [-0.2, -0.15) is 0 Å². The van der Waals surface area contributed by atoms with Gasteiger partial charge >= 0.3 is 0 Å². The summed E-state index contributed by atoms with van der Waals surface area (Å²) in [6.07, 6.45) is 5.12. The van der Waals surface area contributed by atoms with E-state index in [0.717, 1.165) is 11.1 Å². The van der Waals surface area contributed by atoms with Gasteiger partial charge < -0.3 is 20.1 Å². The Balaban J connectivity index is 1.60. The maximum absolute atomic E-state index is 12.5. The molecule has 0 aliphatic carbocycles. The van der Waals surface area contributed by atoms with Crippen LogP contribution in [-0.2, 0) is 13.1 Å². The number of ether oxygens (including phenoxy) is 2. The Hall–Kier alpha value is -3.61. The Kier molecular flexibility index (Phi) is 6.41. The Morgan fingerprint density at radius 2 is 1.82 bits per heavy atom. The number of hydrogen-bond acceptors (Lipinski definition) is 6. The minimum Gasteiger partial charge on any atom is -0.493 e. The third-order valence-corrected chi connectivity index (χ3v) is 4.12. The van der Waals surface area contributed by atoms with E-state index in [1.165, 1.54) is 0 Å². The first kappa shape index (κ1) is 19.2. The Morgan fingerprint density at radius 1 is 0.964 bits per heavy atom. The number of methoxy groups -OCH3 is 2. The number of rotatable bonds is 8. The van der Waals surface area contributed by atoms with Gasteiger partial charge in [0.25, 0.3) is 5.91 Å². The second kappa shape index (κ2) is 9.36. The molecule has 7 heteroatoms. The lowest BCUT2D eigenvalue weighted by molar-refractivity contribution is 0.0951. The van der Waals surface area contributed by atoms with Gasteiger partial charge in [0, 0.05) is 37.2 Å². The quantitative estimate of drug-likeness (QED) is 0.627. The number of amides is 1. The lowest BCUT2D eigenvalue weighted by atomic mass is 10.2. The molecule has 0 atom stereocenters. The molecule has 0 aliphatic heterocycles. The van der Waals surface area contributed by atoms with Gasteiger partial charge in [0.15, 0.2) is 11.5 Å². The summed E-state index contributed by atoms with van der Waals surface area (Å²) >= 11 is 0. The van der Waals surface area contributed by atoms with Crippen molar-refractivity contribution in [1.82, 2.24) is 15.3 Å². The van der Waals surface area contributed by atoms with Crippen LogP contribution in [0.1, 0.15) is 21.5 Å². The van der Waals surface area contributed by atoms with E-state index in [4.69, 9.17) is 9.47 Å². The van der Waals surface area contributed by atoms with Crippen LogP contribution in [0, 0.1) is 0 Å². The lowest BCUT2D eigenvalue weighted by Crippen LogP contribution is -2.23. The fourth-order valence-corrected chi connectivity index (χ4v) is 2.64. The Morgan fingerprint density at radius 3 is 2.57 bits per heavy atom. The number of hydrogen-bond donors (Lipinski definition) is 2. The molecule has 2 heterocycles. The van der Waals surface area contributed by atoms with Crippen molar-refractivity contribution in [3.8, 4) is 11.5 Å². The summed E-state index contributed by atoms with van der Waals surface area (Å²) in [5.74, 6) is 1.72. The van der Waals surface area contributed by atoms with Crippen molar-refractivity contribution < 1.29 is 14.3 Å². The van der Waals surface area contributed by atoms with Gasteiger partial charge in [0.05, 0.1) is 14.2 Å². The van der Waals surface area contributed by atoms with Crippen molar-refractivity contribution >= 4 is 11.7 Å². The van der Waals surface area contributed by atoms with E-state index in [0.29, 0.717) is 36.0 Å². The standard InChI is InChI=1S/C21H22N4O3/c1-27-18-6-5-15(10-19(18)28-2)13-25-21(26)17-7-9-23-20(11-17)24-14-16-4-3-8-22-12-16/h3-12H,13-14H2,1-2H3,(H,23,24)(H,25,26). The molecule has 0 saturated heterocycles. The molecule has 3 rings (SSSR count). The highest BCUT2D eigenvalue weighted by Crippen LogP contribution is 2.27. The largest absolute Gasteiger partial charge is 0.493 e. The molecule has 0 fully saturated rings. The summed E-state index contributed by atoms with van der Waals surface area (Å²) in [6.45, 7) is 0.956. The first-order valence-corrected chi connectivity index (χ1v) is 8.77. The second-order valence-corrected chi connectivity index (χ2v) is 6.02. The average Bonchev–Trinajstić information content (AvgIpc) is 2.76. The van der Waals surface area contributed by atoms with E-state index in [9.17, 15) is 4.79 Å². The van der Waals surface area contributed by atoms with Crippen LogP contribution in [0.3, 0.4) is 0 Å². The van der Waals surface area contributed by atoms with Crippen LogP contribution in [0.25, 0.3) is 0 Å². The lowest BCUT2D eigenvalue weighted by Gasteiger charge is -2.11. The summed E-state index contributed by atoms with van der Waals surface area (Å²) in [6, 6.07) is 12.8. The van der Waals surface area contributed by atoms with Gasteiger partial charge in [-0.3, -0.25) is 9.78 Å². The number of nitrogens with zero attached hydrogens (tertiary/aromatic N) is 2. The molecule has 1 aromatic carbocycles. The molecule has 0 aliphatic rings. The monoisotopic (exact) mass is 378 g/mol. The van der Waals surface area contributed by atoms with E-state index >= 15 is 0 Å². The fraction of sp³-hybridized carbons (Fsp3) is 0.190. The van der Waals surface area contributed by atoms with Crippen molar-refractivity contribution in [3.63, 3.8) is 0 Å². The van der Waals surface area contributed by atoms with E-state index in [2.05, 4.69) is 20.6 Å². The first-order valence-electron chi connectivity index (χ1n) is 8.77. The molecule has 2 aromatic heterocycles. The smallest absolute Gasteiger partial charge is 0.251 e. The molecule has 7 nitrogen and oxygen atoms in total. The molecule has 2 N–H and O–H groups in total. The topological polar surface area (TPSA) is 85.4 Å². The molecule has 144 valence electrons. The van der Waals surface area contributed by atoms with E-state index in [1.807, 2.05) is 30.3 Å². The zero-order valence-corrected chi connectivity index (χ0v) is 15.8. The van der Waals surface area contributed by atoms with Crippen LogP contribution in [0.15, 0.2) is 61.1 Å². The molecule has 0 saturated carbocycles. The number of aromatic nitrogens is 2. The van der Waals surface area contributed by atoms with Crippen LogP contribution in [0.5, 0.6) is 11.5 Å². The molecule has 3 aromatic rings. The fourth-order valence-electron chi connectivity index (χ4n) is 2.64.